The summed E-state index contributed by atoms with van der Waals surface area (Å²) in [5.41, 5.74) is 2.47. The number of likely N-dealkylation sites (tertiary alicyclic amines) is 1. The Morgan fingerprint density at radius 2 is 2.00 bits per heavy atom. The molecular weight excluding hydrogens is 360 g/mol. The molecule has 0 radical (unpaired) electrons. The number of hydrogen-bond donors (Lipinski definition) is 2. The van der Waals surface area contributed by atoms with Crippen LogP contribution < -0.4 is 10.6 Å². The molecule has 8 nitrogen and oxygen atoms in total. The number of amides is 3. The lowest BCUT2D eigenvalue weighted by Crippen LogP contribution is -2.42. The minimum Gasteiger partial charge on any atom is -0.379 e. The maximum atomic E-state index is 12.6. The molecule has 0 aromatic heterocycles. The first-order valence-corrected chi connectivity index (χ1v) is 9.90. The van der Waals surface area contributed by atoms with Gasteiger partial charge in [-0.05, 0) is 24.1 Å². The molecule has 150 valence electrons. The zero-order chi connectivity index (χ0) is 19.5. The SMILES string of the molecule is O=C1CCc2ccc(NC(=O)C3CC(=O)N(CCN4CCOCC4)C3)cc2N1. The van der Waals surface area contributed by atoms with E-state index in [9.17, 15) is 14.4 Å². The van der Waals surface area contributed by atoms with Crippen molar-refractivity contribution < 1.29 is 19.1 Å². The Balaban J connectivity index is 1.31. The second-order valence-electron chi connectivity index (χ2n) is 7.60. The van der Waals surface area contributed by atoms with E-state index in [1.54, 1.807) is 11.0 Å². The van der Waals surface area contributed by atoms with Crippen LogP contribution in [-0.4, -0.2) is 73.5 Å². The van der Waals surface area contributed by atoms with E-state index in [1.807, 2.05) is 12.1 Å². The second-order valence-corrected chi connectivity index (χ2v) is 7.60. The molecule has 0 bridgehead atoms. The summed E-state index contributed by atoms with van der Waals surface area (Å²) in [5, 5.41) is 5.74. The van der Waals surface area contributed by atoms with E-state index in [2.05, 4.69) is 15.5 Å². The van der Waals surface area contributed by atoms with E-state index in [4.69, 9.17) is 4.74 Å². The van der Waals surface area contributed by atoms with E-state index in [1.165, 1.54) is 0 Å². The van der Waals surface area contributed by atoms with Gasteiger partial charge in [0, 0.05) is 56.9 Å². The van der Waals surface area contributed by atoms with Crippen LogP contribution in [0.1, 0.15) is 18.4 Å². The summed E-state index contributed by atoms with van der Waals surface area (Å²) >= 11 is 0. The number of nitrogens with one attached hydrogen (secondary N) is 2. The lowest BCUT2D eigenvalue weighted by atomic mass is 10.0. The lowest BCUT2D eigenvalue weighted by molar-refractivity contribution is -0.128. The van der Waals surface area contributed by atoms with E-state index in [-0.39, 0.29) is 30.1 Å². The Kier molecular flexibility index (Phi) is 5.59. The number of anilines is 2. The van der Waals surface area contributed by atoms with Gasteiger partial charge in [0.05, 0.1) is 19.1 Å². The minimum absolute atomic E-state index is 0.00623. The van der Waals surface area contributed by atoms with E-state index >= 15 is 0 Å². The minimum atomic E-state index is -0.345. The quantitative estimate of drug-likeness (QED) is 0.777. The first-order chi connectivity index (χ1) is 13.6. The van der Waals surface area contributed by atoms with Crippen molar-refractivity contribution in [2.45, 2.75) is 19.3 Å². The molecule has 1 unspecified atom stereocenters. The standard InChI is InChI=1S/C20H26N4O4/c25-18-4-2-14-1-3-16(12-17(14)22-18)21-20(27)15-11-19(26)24(13-15)6-5-23-7-9-28-10-8-23/h1,3,12,15H,2,4-11,13H2,(H,21,27)(H,22,25). The summed E-state index contributed by atoms with van der Waals surface area (Å²) in [5.74, 6) is -0.466. The van der Waals surface area contributed by atoms with Gasteiger partial charge < -0.3 is 20.3 Å². The van der Waals surface area contributed by atoms with Crippen LogP contribution in [0.2, 0.25) is 0 Å². The molecule has 3 heterocycles. The van der Waals surface area contributed by atoms with Gasteiger partial charge in [-0.1, -0.05) is 6.07 Å². The van der Waals surface area contributed by atoms with Crippen LogP contribution in [0.4, 0.5) is 11.4 Å². The van der Waals surface area contributed by atoms with Crippen LogP contribution in [0.25, 0.3) is 0 Å². The van der Waals surface area contributed by atoms with E-state index in [0.29, 0.717) is 31.6 Å². The number of rotatable bonds is 5. The fourth-order valence-corrected chi connectivity index (χ4v) is 3.94. The van der Waals surface area contributed by atoms with Gasteiger partial charge in [0.1, 0.15) is 0 Å². The third-order valence-corrected chi connectivity index (χ3v) is 5.65. The van der Waals surface area contributed by atoms with Gasteiger partial charge >= 0.3 is 0 Å². The lowest BCUT2D eigenvalue weighted by Gasteiger charge is -2.28. The number of nitrogens with zero attached hydrogens (tertiary/aromatic N) is 2. The molecule has 1 aromatic carbocycles. The van der Waals surface area contributed by atoms with E-state index in [0.717, 1.165) is 44.1 Å². The summed E-state index contributed by atoms with van der Waals surface area (Å²) in [6.07, 6.45) is 1.45. The van der Waals surface area contributed by atoms with Gasteiger partial charge in [0.15, 0.2) is 0 Å². The number of morpholine rings is 1. The molecule has 0 aliphatic carbocycles. The average Bonchev–Trinajstić information content (AvgIpc) is 3.08. The highest BCUT2D eigenvalue weighted by Crippen LogP contribution is 2.27. The van der Waals surface area contributed by atoms with Crippen molar-refractivity contribution in [1.29, 1.82) is 0 Å². The van der Waals surface area contributed by atoms with Crippen molar-refractivity contribution >= 4 is 29.1 Å². The van der Waals surface area contributed by atoms with Gasteiger partial charge in [-0.3, -0.25) is 19.3 Å². The largest absolute Gasteiger partial charge is 0.379 e. The molecule has 2 saturated heterocycles. The zero-order valence-corrected chi connectivity index (χ0v) is 15.9. The Labute approximate surface area is 164 Å². The normalized spacial score (nSPS) is 22.7. The summed E-state index contributed by atoms with van der Waals surface area (Å²) in [6.45, 7) is 5.17. The predicted octanol–water partition coefficient (Wildman–Crippen LogP) is 0.691. The molecule has 1 aromatic rings. The zero-order valence-electron chi connectivity index (χ0n) is 15.9. The molecule has 1 atom stereocenters. The second kappa shape index (κ2) is 8.28. The molecule has 4 rings (SSSR count). The molecular formula is C20H26N4O4. The van der Waals surface area contributed by atoms with Gasteiger partial charge in [0.25, 0.3) is 0 Å². The molecule has 3 aliphatic rings. The topological polar surface area (TPSA) is 91.0 Å². The summed E-state index contributed by atoms with van der Waals surface area (Å²) < 4.78 is 5.34. The highest BCUT2D eigenvalue weighted by Gasteiger charge is 2.34. The molecule has 0 spiro atoms. The molecule has 0 saturated carbocycles. The number of ether oxygens (including phenoxy) is 1. The summed E-state index contributed by atoms with van der Waals surface area (Å²) in [7, 11) is 0. The van der Waals surface area contributed by atoms with Gasteiger partial charge in [-0.2, -0.15) is 0 Å². The molecule has 2 N–H and O–H groups in total. The Bertz CT molecular complexity index is 775. The monoisotopic (exact) mass is 386 g/mol. The number of fused-ring (bicyclic) bond motifs is 1. The number of hydrogen-bond acceptors (Lipinski definition) is 5. The van der Waals surface area contributed by atoms with Crippen LogP contribution >= 0.6 is 0 Å². The van der Waals surface area contributed by atoms with Crippen molar-refractivity contribution in [3.8, 4) is 0 Å². The van der Waals surface area contributed by atoms with Crippen LogP contribution in [0.3, 0.4) is 0 Å². The molecule has 3 amide bonds. The summed E-state index contributed by atoms with van der Waals surface area (Å²) in [4.78, 5) is 40.6. The van der Waals surface area contributed by atoms with Crippen molar-refractivity contribution in [2.24, 2.45) is 5.92 Å². The number of carbonyl (C=O) groups is 3. The molecule has 28 heavy (non-hydrogen) atoms. The Hall–Kier alpha value is -2.45. The fourth-order valence-electron chi connectivity index (χ4n) is 3.94. The first-order valence-electron chi connectivity index (χ1n) is 9.90. The van der Waals surface area contributed by atoms with E-state index < -0.39 is 0 Å². The smallest absolute Gasteiger partial charge is 0.229 e. The van der Waals surface area contributed by atoms with Crippen molar-refractivity contribution in [2.75, 3.05) is 56.6 Å². The number of aryl methyl sites for hydroxylation is 1. The predicted molar refractivity (Wildman–Crippen MR) is 104 cm³/mol. The third-order valence-electron chi connectivity index (χ3n) is 5.65. The van der Waals surface area contributed by atoms with Crippen LogP contribution in [0.15, 0.2) is 18.2 Å². The van der Waals surface area contributed by atoms with Gasteiger partial charge in [-0.25, -0.2) is 0 Å². The number of carbonyl (C=O) groups excluding carboxylic acids is 3. The molecule has 3 aliphatic heterocycles. The van der Waals surface area contributed by atoms with Crippen molar-refractivity contribution in [3.05, 3.63) is 23.8 Å². The van der Waals surface area contributed by atoms with Crippen LogP contribution in [-0.2, 0) is 25.5 Å². The Morgan fingerprint density at radius 3 is 2.82 bits per heavy atom. The average molecular weight is 386 g/mol. The maximum Gasteiger partial charge on any atom is 0.229 e. The molecule has 2 fully saturated rings. The highest BCUT2D eigenvalue weighted by atomic mass is 16.5. The third kappa shape index (κ3) is 4.34. The first kappa shape index (κ1) is 18.9. The molecule has 8 heteroatoms. The van der Waals surface area contributed by atoms with Gasteiger partial charge in [-0.15, -0.1) is 0 Å². The van der Waals surface area contributed by atoms with Gasteiger partial charge in [0.2, 0.25) is 17.7 Å². The van der Waals surface area contributed by atoms with Crippen LogP contribution in [0.5, 0.6) is 0 Å². The Morgan fingerprint density at radius 1 is 1.18 bits per heavy atom. The van der Waals surface area contributed by atoms with Crippen LogP contribution in [0, 0.1) is 5.92 Å². The van der Waals surface area contributed by atoms with Crippen molar-refractivity contribution in [1.82, 2.24) is 9.80 Å². The summed E-state index contributed by atoms with van der Waals surface area (Å²) in [6, 6.07) is 5.57. The maximum absolute atomic E-state index is 12.6. The van der Waals surface area contributed by atoms with Crippen molar-refractivity contribution in [3.63, 3.8) is 0 Å². The highest BCUT2D eigenvalue weighted by molar-refractivity contribution is 5.99. The number of benzene rings is 1. The fraction of sp³-hybridized carbons (Fsp3) is 0.550.